The fourth-order valence-electron chi connectivity index (χ4n) is 3.40. The van der Waals surface area contributed by atoms with Gasteiger partial charge in [-0.1, -0.05) is 12.1 Å². The molecule has 1 amide bonds. The first-order chi connectivity index (χ1) is 11.4. The van der Waals surface area contributed by atoms with Crippen LogP contribution >= 0.6 is 12.4 Å². The van der Waals surface area contributed by atoms with Crippen LogP contribution in [-0.4, -0.2) is 35.3 Å². The fourth-order valence-corrected chi connectivity index (χ4v) is 3.40. The number of nitrogens with one attached hydrogen (secondary N) is 2. The van der Waals surface area contributed by atoms with E-state index >= 15 is 0 Å². The van der Waals surface area contributed by atoms with Crippen LogP contribution in [0.3, 0.4) is 0 Å². The average molecular weight is 367 g/mol. The Kier molecular flexibility index (Phi) is 5.95. The molecule has 138 valence electrons. The number of piperidine rings is 1. The maximum atomic E-state index is 12.7. The molecule has 0 atom stereocenters. The van der Waals surface area contributed by atoms with Gasteiger partial charge in [0.15, 0.2) is 5.82 Å². The van der Waals surface area contributed by atoms with Gasteiger partial charge in [0.25, 0.3) is 5.91 Å². The number of amides is 1. The van der Waals surface area contributed by atoms with E-state index in [-0.39, 0.29) is 23.7 Å². The van der Waals surface area contributed by atoms with Crippen molar-refractivity contribution in [3.63, 3.8) is 0 Å². The highest BCUT2D eigenvalue weighted by atomic mass is 35.5. The highest BCUT2D eigenvalue weighted by molar-refractivity contribution is 5.95. The van der Waals surface area contributed by atoms with Gasteiger partial charge in [-0.15, -0.1) is 12.4 Å². The lowest BCUT2D eigenvalue weighted by atomic mass is 9.81. The Morgan fingerprint density at radius 2 is 2.00 bits per heavy atom. The van der Waals surface area contributed by atoms with Crippen molar-refractivity contribution in [3.05, 3.63) is 34.8 Å². The monoisotopic (exact) mass is 366 g/mol. The largest absolute Gasteiger partial charge is 0.360 e. The predicted octanol–water partition coefficient (Wildman–Crippen LogP) is 2.93. The second-order valence-corrected chi connectivity index (χ2v) is 7.16. The lowest BCUT2D eigenvalue weighted by Crippen LogP contribution is -2.43. The summed E-state index contributed by atoms with van der Waals surface area (Å²) in [5.41, 5.74) is 2.73. The Hall–Kier alpha value is -1.79. The van der Waals surface area contributed by atoms with Gasteiger partial charge in [-0.3, -0.25) is 9.36 Å². The number of carbonyl (C=O) groups excluding carboxylic acids is 1. The molecule has 0 aromatic carbocycles. The van der Waals surface area contributed by atoms with E-state index in [9.17, 15) is 4.79 Å². The first-order valence-electron chi connectivity index (χ1n) is 8.51. The van der Waals surface area contributed by atoms with Crippen LogP contribution in [0.2, 0.25) is 0 Å². The van der Waals surface area contributed by atoms with Gasteiger partial charge in [0.2, 0.25) is 0 Å². The van der Waals surface area contributed by atoms with Crippen molar-refractivity contribution in [1.82, 2.24) is 20.4 Å². The smallest absolute Gasteiger partial charge is 0.253 e. The van der Waals surface area contributed by atoms with E-state index in [0.717, 1.165) is 43.1 Å². The molecular formula is C18H27ClN4O2. The number of hydrogen-bond acceptors (Lipinski definition) is 4. The van der Waals surface area contributed by atoms with Gasteiger partial charge in [0.1, 0.15) is 5.76 Å². The van der Waals surface area contributed by atoms with Gasteiger partial charge in [0.05, 0.1) is 5.56 Å². The minimum absolute atomic E-state index is 0. The first kappa shape index (κ1) is 19.5. The summed E-state index contributed by atoms with van der Waals surface area (Å²) in [6, 6.07) is 3.79. The van der Waals surface area contributed by atoms with E-state index in [1.807, 2.05) is 37.5 Å². The second-order valence-electron chi connectivity index (χ2n) is 7.16. The number of hydrogen-bond donors (Lipinski definition) is 2. The summed E-state index contributed by atoms with van der Waals surface area (Å²) >= 11 is 0. The molecule has 2 N–H and O–H groups in total. The normalized spacial score (nSPS) is 16.3. The molecule has 3 rings (SSSR count). The number of nitrogens with zero attached hydrogens (tertiary/aromatic N) is 2. The van der Waals surface area contributed by atoms with E-state index < -0.39 is 0 Å². The van der Waals surface area contributed by atoms with Crippen molar-refractivity contribution in [1.29, 1.82) is 0 Å². The SMILES string of the molecule is Cc1cc(-n2c(C)cc(C(=O)NCC3(C)CCNCC3)c2C)no1.Cl. The fraction of sp³-hybridized carbons (Fsp3) is 0.556. The van der Waals surface area contributed by atoms with Gasteiger partial charge >= 0.3 is 0 Å². The van der Waals surface area contributed by atoms with Crippen molar-refractivity contribution in [2.24, 2.45) is 5.41 Å². The average Bonchev–Trinajstić information content (AvgIpc) is 3.09. The van der Waals surface area contributed by atoms with Gasteiger partial charge < -0.3 is 15.2 Å². The zero-order valence-electron chi connectivity index (χ0n) is 15.3. The lowest BCUT2D eigenvalue weighted by molar-refractivity contribution is 0.0921. The maximum Gasteiger partial charge on any atom is 0.253 e. The van der Waals surface area contributed by atoms with Crippen LogP contribution in [0.5, 0.6) is 0 Å². The van der Waals surface area contributed by atoms with Crippen LogP contribution in [0.15, 0.2) is 16.7 Å². The quantitative estimate of drug-likeness (QED) is 0.872. The molecule has 0 radical (unpaired) electrons. The van der Waals surface area contributed by atoms with E-state index in [0.29, 0.717) is 17.9 Å². The second kappa shape index (κ2) is 7.62. The van der Waals surface area contributed by atoms with Gasteiger partial charge in [-0.2, -0.15) is 0 Å². The van der Waals surface area contributed by atoms with Crippen molar-refractivity contribution in [2.45, 2.75) is 40.5 Å². The van der Waals surface area contributed by atoms with E-state index in [2.05, 4.69) is 22.7 Å². The summed E-state index contributed by atoms with van der Waals surface area (Å²) in [7, 11) is 0. The molecule has 2 aromatic rings. The molecule has 2 aromatic heterocycles. The zero-order chi connectivity index (χ0) is 17.3. The Labute approximate surface area is 154 Å². The summed E-state index contributed by atoms with van der Waals surface area (Å²) in [5, 5.41) is 10.6. The number of rotatable bonds is 4. The Balaban J connectivity index is 0.00000225. The Morgan fingerprint density at radius 3 is 2.60 bits per heavy atom. The molecule has 1 aliphatic heterocycles. The minimum Gasteiger partial charge on any atom is -0.360 e. The van der Waals surface area contributed by atoms with Crippen molar-refractivity contribution in [2.75, 3.05) is 19.6 Å². The third kappa shape index (κ3) is 4.07. The Bertz CT molecular complexity index is 744. The molecule has 0 saturated carbocycles. The highest BCUT2D eigenvalue weighted by Crippen LogP contribution is 2.27. The lowest BCUT2D eigenvalue weighted by Gasteiger charge is -2.34. The van der Waals surface area contributed by atoms with Crippen LogP contribution in [0.25, 0.3) is 5.82 Å². The van der Waals surface area contributed by atoms with E-state index in [1.165, 1.54) is 0 Å². The molecule has 1 saturated heterocycles. The highest BCUT2D eigenvalue weighted by Gasteiger charge is 2.28. The molecule has 0 spiro atoms. The summed E-state index contributed by atoms with van der Waals surface area (Å²) < 4.78 is 7.12. The maximum absolute atomic E-state index is 12.7. The molecule has 6 nitrogen and oxygen atoms in total. The van der Waals surface area contributed by atoms with E-state index in [4.69, 9.17) is 4.52 Å². The standard InChI is InChI=1S/C18H26N4O2.ClH/c1-12-9-15(14(3)22(12)16-10-13(2)24-21-16)17(23)20-11-18(4)5-7-19-8-6-18;/h9-10,19H,5-8,11H2,1-4H3,(H,20,23);1H. The molecule has 0 bridgehead atoms. The van der Waals surface area contributed by atoms with Crippen LogP contribution in [0.1, 0.15) is 47.3 Å². The molecule has 1 fully saturated rings. The third-order valence-electron chi connectivity index (χ3n) is 5.01. The van der Waals surface area contributed by atoms with Gasteiger partial charge in [-0.25, -0.2) is 0 Å². The summed E-state index contributed by atoms with van der Waals surface area (Å²) in [4.78, 5) is 12.7. The number of aromatic nitrogens is 2. The first-order valence-corrected chi connectivity index (χ1v) is 8.51. The number of aryl methyl sites for hydroxylation is 2. The Morgan fingerprint density at radius 1 is 1.32 bits per heavy atom. The molecule has 7 heteroatoms. The van der Waals surface area contributed by atoms with Crippen molar-refractivity contribution >= 4 is 18.3 Å². The summed E-state index contributed by atoms with van der Waals surface area (Å²) in [6.45, 7) is 10.8. The van der Waals surface area contributed by atoms with Crippen molar-refractivity contribution < 1.29 is 9.32 Å². The van der Waals surface area contributed by atoms with E-state index in [1.54, 1.807) is 0 Å². The van der Waals surface area contributed by atoms with Crippen LogP contribution in [0, 0.1) is 26.2 Å². The molecule has 3 heterocycles. The minimum atomic E-state index is -0.0191. The predicted molar refractivity (Wildman–Crippen MR) is 99.8 cm³/mol. The molecule has 25 heavy (non-hydrogen) atoms. The van der Waals surface area contributed by atoms with Crippen LogP contribution in [-0.2, 0) is 0 Å². The number of carbonyl (C=O) groups is 1. The third-order valence-corrected chi connectivity index (χ3v) is 5.01. The van der Waals surface area contributed by atoms with Crippen molar-refractivity contribution in [3.8, 4) is 5.82 Å². The molecule has 0 aliphatic carbocycles. The number of halogens is 1. The molecular weight excluding hydrogens is 340 g/mol. The van der Waals surface area contributed by atoms with Crippen LogP contribution in [0.4, 0.5) is 0 Å². The van der Waals surface area contributed by atoms with Gasteiger partial charge in [-0.05, 0) is 58.2 Å². The van der Waals surface area contributed by atoms with Crippen LogP contribution < -0.4 is 10.6 Å². The zero-order valence-corrected chi connectivity index (χ0v) is 16.1. The van der Waals surface area contributed by atoms with Gasteiger partial charge in [0, 0.05) is 24.0 Å². The topological polar surface area (TPSA) is 72.1 Å². The summed E-state index contributed by atoms with van der Waals surface area (Å²) in [5.74, 6) is 1.45. The summed E-state index contributed by atoms with van der Waals surface area (Å²) in [6.07, 6.45) is 2.18. The molecule has 1 aliphatic rings. The molecule has 0 unspecified atom stereocenters.